The summed E-state index contributed by atoms with van der Waals surface area (Å²) in [5.41, 5.74) is 7.28. The van der Waals surface area contributed by atoms with Crippen molar-refractivity contribution >= 4 is 40.7 Å². The Hall–Kier alpha value is -4.79. The molecule has 4 rings (SSSR count). The Morgan fingerprint density at radius 3 is 2.08 bits per heavy atom. The van der Waals surface area contributed by atoms with Crippen molar-refractivity contribution in [3.8, 4) is 0 Å². The molecule has 0 saturated heterocycles. The number of rotatable bonds is 7. The van der Waals surface area contributed by atoms with Crippen LogP contribution < -0.4 is 11.1 Å². The molecule has 3 aromatic rings. The molecule has 0 fully saturated rings. The van der Waals surface area contributed by atoms with E-state index in [4.69, 9.17) is 10.5 Å². The van der Waals surface area contributed by atoms with E-state index in [1.807, 2.05) is 13.8 Å². The molecule has 0 unspecified atom stereocenters. The van der Waals surface area contributed by atoms with Crippen molar-refractivity contribution < 1.29 is 28.7 Å². The number of nitrogens with one attached hydrogen (secondary N) is 1. The summed E-state index contributed by atoms with van der Waals surface area (Å²) in [6.07, 6.45) is 0. The number of esters is 1. The average Bonchev–Trinajstić information content (AvgIpc) is 2.91. The molecular weight excluding hydrogens is 474 g/mol. The van der Waals surface area contributed by atoms with Crippen LogP contribution in [0.25, 0.3) is 0 Å². The fourth-order valence-corrected chi connectivity index (χ4v) is 4.19. The summed E-state index contributed by atoms with van der Waals surface area (Å²) in [5, 5.41) is 2.59. The first-order chi connectivity index (χ1) is 17.8. The molecular formula is C28H25N3O6. The van der Waals surface area contributed by atoms with Crippen LogP contribution in [-0.2, 0) is 9.53 Å². The summed E-state index contributed by atoms with van der Waals surface area (Å²) >= 11 is 0. The molecule has 37 heavy (non-hydrogen) atoms. The molecule has 0 bridgehead atoms. The molecule has 9 heteroatoms. The second-order valence-electron chi connectivity index (χ2n) is 8.33. The van der Waals surface area contributed by atoms with Gasteiger partial charge >= 0.3 is 5.97 Å². The Balaban J connectivity index is 1.42. The summed E-state index contributed by atoms with van der Waals surface area (Å²) in [6.45, 7) is 4.36. The summed E-state index contributed by atoms with van der Waals surface area (Å²) in [5.74, 6) is -2.44. The number of nitrogen functional groups attached to an aromatic ring is 1. The maximum Gasteiger partial charge on any atom is 0.340 e. The van der Waals surface area contributed by atoms with E-state index in [9.17, 15) is 24.0 Å². The number of hydrogen-bond acceptors (Lipinski definition) is 7. The van der Waals surface area contributed by atoms with Crippen LogP contribution in [0.3, 0.4) is 0 Å². The zero-order valence-corrected chi connectivity index (χ0v) is 20.4. The second-order valence-corrected chi connectivity index (χ2v) is 8.33. The van der Waals surface area contributed by atoms with Gasteiger partial charge in [-0.15, -0.1) is 0 Å². The zero-order valence-electron chi connectivity index (χ0n) is 20.4. The van der Waals surface area contributed by atoms with Gasteiger partial charge < -0.3 is 20.7 Å². The van der Waals surface area contributed by atoms with Crippen molar-refractivity contribution in [1.82, 2.24) is 4.90 Å². The lowest BCUT2D eigenvalue weighted by Gasteiger charge is -2.20. The van der Waals surface area contributed by atoms with Crippen LogP contribution in [0.2, 0.25) is 0 Å². The standard InChI is InChI=1S/C28H25N3O6/c1-3-31(4-2)27(35)16-9-11-17(12-10-16)30-22(32)15-37-28(36)21-14-13-20-23(24(21)29)26(34)19-8-6-5-7-18(19)25(20)33/h5-14H,3-4,15,29H2,1-2H3,(H,30,32). The highest BCUT2D eigenvalue weighted by atomic mass is 16.5. The number of fused-ring (bicyclic) bond motifs is 2. The minimum absolute atomic E-state index is 0.0537. The Morgan fingerprint density at radius 2 is 1.46 bits per heavy atom. The van der Waals surface area contributed by atoms with Gasteiger partial charge in [-0.25, -0.2) is 4.79 Å². The van der Waals surface area contributed by atoms with Gasteiger partial charge in [0.2, 0.25) is 0 Å². The Bertz CT molecular complexity index is 1420. The molecule has 0 heterocycles. The first-order valence-electron chi connectivity index (χ1n) is 11.7. The zero-order chi connectivity index (χ0) is 26.7. The van der Waals surface area contributed by atoms with Crippen molar-refractivity contribution in [2.24, 2.45) is 0 Å². The minimum atomic E-state index is -0.908. The van der Waals surface area contributed by atoms with Crippen molar-refractivity contribution in [3.05, 3.63) is 94.0 Å². The van der Waals surface area contributed by atoms with Crippen molar-refractivity contribution in [1.29, 1.82) is 0 Å². The molecule has 0 saturated carbocycles. The number of amides is 2. The third-order valence-corrected chi connectivity index (χ3v) is 6.15. The van der Waals surface area contributed by atoms with Gasteiger partial charge in [0, 0.05) is 41.0 Å². The molecule has 188 valence electrons. The molecule has 0 aliphatic heterocycles. The van der Waals surface area contributed by atoms with Crippen LogP contribution in [0, 0.1) is 0 Å². The van der Waals surface area contributed by atoms with Gasteiger partial charge in [-0.3, -0.25) is 19.2 Å². The van der Waals surface area contributed by atoms with Crippen molar-refractivity contribution in [2.75, 3.05) is 30.7 Å². The summed E-state index contributed by atoms with van der Waals surface area (Å²) in [4.78, 5) is 64.9. The highest BCUT2D eigenvalue weighted by Gasteiger charge is 2.33. The van der Waals surface area contributed by atoms with E-state index in [2.05, 4.69) is 5.32 Å². The molecule has 0 radical (unpaired) electrons. The van der Waals surface area contributed by atoms with Gasteiger partial charge in [0.25, 0.3) is 11.8 Å². The van der Waals surface area contributed by atoms with Gasteiger partial charge in [-0.05, 0) is 50.2 Å². The van der Waals surface area contributed by atoms with E-state index < -0.39 is 24.3 Å². The number of carbonyl (C=O) groups is 5. The van der Waals surface area contributed by atoms with Crippen LogP contribution in [0.1, 0.15) is 66.4 Å². The predicted molar refractivity (Wildman–Crippen MR) is 137 cm³/mol. The Kier molecular flexibility index (Phi) is 7.15. The van der Waals surface area contributed by atoms with Crippen LogP contribution in [-0.4, -0.2) is 53.9 Å². The largest absolute Gasteiger partial charge is 0.452 e. The molecule has 0 atom stereocenters. The van der Waals surface area contributed by atoms with Gasteiger partial charge in [0.15, 0.2) is 18.2 Å². The van der Waals surface area contributed by atoms with Crippen LogP contribution in [0.4, 0.5) is 11.4 Å². The highest BCUT2D eigenvalue weighted by molar-refractivity contribution is 6.30. The van der Waals surface area contributed by atoms with Crippen molar-refractivity contribution in [3.63, 3.8) is 0 Å². The summed E-state index contributed by atoms with van der Waals surface area (Å²) in [7, 11) is 0. The normalized spacial score (nSPS) is 11.8. The van der Waals surface area contributed by atoms with Gasteiger partial charge in [0.05, 0.1) is 16.8 Å². The lowest BCUT2D eigenvalue weighted by Crippen LogP contribution is -2.30. The van der Waals surface area contributed by atoms with E-state index in [-0.39, 0.29) is 45.2 Å². The second kappa shape index (κ2) is 10.4. The molecule has 0 spiro atoms. The van der Waals surface area contributed by atoms with Gasteiger partial charge in [-0.2, -0.15) is 0 Å². The van der Waals surface area contributed by atoms with Crippen LogP contribution >= 0.6 is 0 Å². The number of ketones is 2. The van der Waals surface area contributed by atoms with Gasteiger partial charge in [0.1, 0.15) is 0 Å². The molecule has 1 aliphatic rings. The van der Waals surface area contributed by atoms with E-state index >= 15 is 0 Å². The number of anilines is 2. The number of nitrogens with zero attached hydrogens (tertiary/aromatic N) is 1. The van der Waals surface area contributed by atoms with Crippen LogP contribution in [0.5, 0.6) is 0 Å². The monoisotopic (exact) mass is 499 g/mol. The summed E-state index contributed by atoms with van der Waals surface area (Å²) < 4.78 is 5.10. The van der Waals surface area contributed by atoms with Crippen molar-refractivity contribution in [2.45, 2.75) is 13.8 Å². The number of nitrogens with two attached hydrogens (primary N) is 1. The molecule has 9 nitrogen and oxygen atoms in total. The van der Waals surface area contributed by atoms with E-state index in [0.717, 1.165) is 0 Å². The van der Waals surface area contributed by atoms with E-state index in [1.54, 1.807) is 47.4 Å². The first-order valence-corrected chi connectivity index (χ1v) is 11.7. The van der Waals surface area contributed by atoms with E-state index in [1.165, 1.54) is 18.2 Å². The molecule has 3 aromatic carbocycles. The number of ether oxygens (including phenoxy) is 1. The number of hydrogen-bond donors (Lipinski definition) is 2. The summed E-state index contributed by atoms with van der Waals surface area (Å²) in [6, 6.07) is 15.4. The SMILES string of the molecule is CCN(CC)C(=O)c1ccc(NC(=O)COC(=O)c2ccc3c(c2N)C(=O)c2ccccc2C3=O)cc1. The first kappa shape index (κ1) is 25.3. The maximum atomic E-state index is 13.0. The average molecular weight is 500 g/mol. The smallest absolute Gasteiger partial charge is 0.340 e. The number of carbonyl (C=O) groups excluding carboxylic acids is 5. The quantitative estimate of drug-likeness (QED) is 0.294. The fraction of sp³-hybridized carbons (Fsp3) is 0.179. The maximum absolute atomic E-state index is 13.0. The predicted octanol–water partition coefficient (Wildman–Crippen LogP) is 3.32. The Morgan fingerprint density at radius 1 is 0.838 bits per heavy atom. The molecule has 3 N–H and O–H groups in total. The molecule has 1 aliphatic carbocycles. The third-order valence-electron chi connectivity index (χ3n) is 6.15. The van der Waals surface area contributed by atoms with Crippen LogP contribution in [0.15, 0.2) is 60.7 Å². The van der Waals surface area contributed by atoms with E-state index in [0.29, 0.717) is 24.3 Å². The third kappa shape index (κ3) is 4.84. The molecule has 2 amide bonds. The fourth-order valence-electron chi connectivity index (χ4n) is 4.19. The van der Waals surface area contributed by atoms with Gasteiger partial charge in [-0.1, -0.05) is 24.3 Å². The molecule has 0 aromatic heterocycles. The lowest BCUT2D eigenvalue weighted by molar-refractivity contribution is -0.119. The minimum Gasteiger partial charge on any atom is -0.452 e. The highest BCUT2D eigenvalue weighted by Crippen LogP contribution is 2.32. The topological polar surface area (TPSA) is 136 Å². The lowest BCUT2D eigenvalue weighted by atomic mass is 9.82. The number of benzene rings is 3. The Labute approximate surface area is 213 Å².